The van der Waals surface area contributed by atoms with Gasteiger partial charge in [0.2, 0.25) is 0 Å². The zero-order valence-electron chi connectivity index (χ0n) is 9.60. The molecule has 3 nitrogen and oxygen atoms in total. The van der Waals surface area contributed by atoms with Crippen LogP contribution in [0.25, 0.3) is 10.4 Å². The molecule has 0 spiro atoms. The van der Waals surface area contributed by atoms with Crippen molar-refractivity contribution < 1.29 is 8.42 Å². The normalized spacial score (nSPS) is 11.4. The second-order valence-electron chi connectivity index (χ2n) is 3.72. The third kappa shape index (κ3) is 2.68. The quantitative estimate of drug-likeness (QED) is 0.930. The van der Waals surface area contributed by atoms with Crippen LogP contribution in [0.2, 0.25) is 0 Å². The van der Waals surface area contributed by atoms with Gasteiger partial charge in [0.25, 0.3) is 0 Å². The van der Waals surface area contributed by atoms with E-state index < -0.39 is 9.84 Å². The maximum atomic E-state index is 11.4. The highest BCUT2D eigenvalue weighted by Crippen LogP contribution is 2.31. The van der Waals surface area contributed by atoms with Crippen LogP contribution in [-0.4, -0.2) is 21.7 Å². The van der Waals surface area contributed by atoms with Gasteiger partial charge < -0.3 is 5.32 Å². The number of hydrogen-bond donors (Lipinski definition) is 1. The SMILES string of the molecule is CNc1ccc(-c2ccc(S(C)(=O)=O)s2)cc1. The molecular weight excluding hydrogens is 254 g/mol. The van der Waals surface area contributed by atoms with E-state index in [-0.39, 0.29) is 0 Å². The topological polar surface area (TPSA) is 46.2 Å². The lowest BCUT2D eigenvalue weighted by molar-refractivity contribution is 0.604. The molecule has 0 radical (unpaired) electrons. The fourth-order valence-electron chi connectivity index (χ4n) is 1.48. The van der Waals surface area contributed by atoms with Crippen molar-refractivity contribution in [2.24, 2.45) is 0 Å². The van der Waals surface area contributed by atoms with E-state index >= 15 is 0 Å². The van der Waals surface area contributed by atoms with Crippen molar-refractivity contribution in [3.8, 4) is 10.4 Å². The lowest BCUT2D eigenvalue weighted by Crippen LogP contribution is -1.91. The molecule has 0 saturated carbocycles. The second kappa shape index (κ2) is 4.50. The number of nitrogens with one attached hydrogen (secondary N) is 1. The highest BCUT2D eigenvalue weighted by atomic mass is 32.2. The van der Waals surface area contributed by atoms with Crippen LogP contribution in [0.15, 0.2) is 40.6 Å². The first kappa shape index (κ1) is 12.1. The van der Waals surface area contributed by atoms with Crippen molar-refractivity contribution in [1.82, 2.24) is 0 Å². The zero-order chi connectivity index (χ0) is 12.5. The Balaban J connectivity index is 2.37. The van der Waals surface area contributed by atoms with Gasteiger partial charge in [-0.05, 0) is 29.8 Å². The average molecular weight is 267 g/mol. The van der Waals surface area contributed by atoms with Crippen LogP contribution in [0.1, 0.15) is 0 Å². The molecule has 0 atom stereocenters. The van der Waals surface area contributed by atoms with E-state index in [4.69, 9.17) is 0 Å². The highest BCUT2D eigenvalue weighted by molar-refractivity contribution is 7.92. The third-order valence-electron chi connectivity index (χ3n) is 2.40. The molecule has 2 rings (SSSR count). The van der Waals surface area contributed by atoms with E-state index in [1.54, 1.807) is 6.07 Å². The maximum absolute atomic E-state index is 11.4. The van der Waals surface area contributed by atoms with Crippen LogP contribution in [-0.2, 0) is 9.84 Å². The van der Waals surface area contributed by atoms with Crippen LogP contribution in [0, 0.1) is 0 Å². The molecule has 1 aromatic heterocycles. The van der Waals surface area contributed by atoms with Gasteiger partial charge in [-0.1, -0.05) is 12.1 Å². The Morgan fingerprint density at radius 3 is 2.18 bits per heavy atom. The van der Waals surface area contributed by atoms with E-state index in [2.05, 4.69) is 5.32 Å². The molecule has 0 amide bonds. The van der Waals surface area contributed by atoms with Gasteiger partial charge in [0.1, 0.15) is 4.21 Å². The first-order valence-corrected chi connectivity index (χ1v) is 7.79. The molecule has 90 valence electrons. The monoisotopic (exact) mass is 267 g/mol. The van der Waals surface area contributed by atoms with Crippen LogP contribution in [0.4, 0.5) is 5.69 Å². The van der Waals surface area contributed by atoms with Crippen molar-refractivity contribution in [3.63, 3.8) is 0 Å². The summed E-state index contributed by atoms with van der Waals surface area (Å²) >= 11 is 1.30. The van der Waals surface area contributed by atoms with Gasteiger partial charge in [0.15, 0.2) is 9.84 Å². The van der Waals surface area contributed by atoms with Crippen molar-refractivity contribution in [2.45, 2.75) is 4.21 Å². The Kier molecular flexibility index (Phi) is 3.22. The molecule has 0 bridgehead atoms. The van der Waals surface area contributed by atoms with Crippen LogP contribution in [0.3, 0.4) is 0 Å². The first-order chi connectivity index (χ1) is 8.00. The predicted octanol–water partition coefficient (Wildman–Crippen LogP) is 2.86. The number of rotatable bonds is 3. The summed E-state index contributed by atoms with van der Waals surface area (Å²) in [6, 6.07) is 11.4. The summed E-state index contributed by atoms with van der Waals surface area (Å²) in [5.41, 5.74) is 2.07. The maximum Gasteiger partial charge on any atom is 0.184 e. The van der Waals surface area contributed by atoms with Gasteiger partial charge in [-0.15, -0.1) is 11.3 Å². The molecule has 17 heavy (non-hydrogen) atoms. The van der Waals surface area contributed by atoms with Crippen molar-refractivity contribution >= 4 is 26.9 Å². The van der Waals surface area contributed by atoms with Crippen LogP contribution in [0.5, 0.6) is 0 Å². The van der Waals surface area contributed by atoms with Gasteiger partial charge >= 0.3 is 0 Å². The Morgan fingerprint density at radius 2 is 1.71 bits per heavy atom. The summed E-state index contributed by atoms with van der Waals surface area (Å²) in [5.74, 6) is 0. The molecular formula is C12H13NO2S2. The van der Waals surface area contributed by atoms with Gasteiger partial charge in [0.05, 0.1) is 0 Å². The fraction of sp³-hybridized carbons (Fsp3) is 0.167. The first-order valence-electron chi connectivity index (χ1n) is 5.09. The van der Waals surface area contributed by atoms with E-state index in [1.165, 1.54) is 17.6 Å². The number of sulfone groups is 1. The predicted molar refractivity (Wildman–Crippen MR) is 72.4 cm³/mol. The van der Waals surface area contributed by atoms with E-state index in [0.717, 1.165) is 16.1 Å². The van der Waals surface area contributed by atoms with Crippen LogP contribution < -0.4 is 5.32 Å². The summed E-state index contributed by atoms with van der Waals surface area (Å²) in [4.78, 5) is 0.966. The molecule has 0 unspecified atom stereocenters. The minimum absolute atomic E-state index is 0.408. The summed E-state index contributed by atoms with van der Waals surface area (Å²) in [7, 11) is -1.23. The molecule has 0 aliphatic carbocycles. The Labute approximate surface area is 105 Å². The highest BCUT2D eigenvalue weighted by Gasteiger charge is 2.11. The molecule has 0 fully saturated rings. The molecule has 2 aromatic rings. The zero-order valence-corrected chi connectivity index (χ0v) is 11.2. The second-order valence-corrected chi connectivity index (χ2v) is 7.04. The van der Waals surface area contributed by atoms with E-state index in [1.807, 2.05) is 37.4 Å². The molecule has 0 aliphatic heterocycles. The Bertz CT molecular complexity index is 612. The number of hydrogen-bond acceptors (Lipinski definition) is 4. The smallest absolute Gasteiger partial charge is 0.184 e. The average Bonchev–Trinajstić information content (AvgIpc) is 2.78. The van der Waals surface area contributed by atoms with Crippen molar-refractivity contribution in [1.29, 1.82) is 0 Å². The largest absolute Gasteiger partial charge is 0.388 e. The summed E-state index contributed by atoms with van der Waals surface area (Å²) < 4.78 is 23.2. The van der Waals surface area contributed by atoms with Gasteiger partial charge in [-0.3, -0.25) is 0 Å². The molecule has 1 heterocycles. The van der Waals surface area contributed by atoms with Gasteiger partial charge in [-0.2, -0.15) is 0 Å². The molecule has 0 aliphatic rings. The van der Waals surface area contributed by atoms with Gasteiger partial charge in [-0.25, -0.2) is 8.42 Å². The molecule has 5 heteroatoms. The minimum Gasteiger partial charge on any atom is -0.388 e. The number of benzene rings is 1. The van der Waals surface area contributed by atoms with E-state index in [0.29, 0.717) is 4.21 Å². The Hall–Kier alpha value is -1.33. The summed E-state index contributed by atoms with van der Waals surface area (Å²) in [5, 5.41) is 3.04. The lowest BCUT2D eigenvalue weighted by Gasteiger charge is -2.01. The third-order valence-corrected chi connectivity index (χ3v) is 5.36. The lowest BCUT2D eigenvalue weighted by atomic mass is 10.2. The van der Waals surface area contributed by atoms with Crippen LogP contribution >= 0.6 is 11.3 Å². The number of thiophene rings is 1. The Morgan fingerprint density at radius 1 is 1.06 bits per heavy atom. The summed E-state index contributed by atoms with van der Waals surface area (Å²) in [6.45, 7) is 0. The molecule has 0 saturated heterocycles. The molecule has 1 N–H and O–H groups in total. The molecule has 1 aromatic carbocycles. The fourth-order valence-corrected chi connectivity index (χ4v) is 3.41. The summed E-state index contributed by atoms with van der Waals surface area (Å²) in [6.07, 6.45) is 1.23. The number of anilines is 1. The van der Waals surface area contributed by atoms with Gasteiger partial charge in [0, 0.05) is 23.9 Å². The van der Waals surface area contributed by atoms with E-state index in [9.17, 15) is 8.42 Å². The minimum atomic E-state index is -3.10. The van der Waals surface area contributed by atoms with Crippen molar-refractivity contribution in [2.75, 3.05) is 18.6 Å². The van der Waals surface area contributed by atoms with Crippen molar-refractivity contribution in [3.05, 3.63) is 36.4 Å². The standard InChI is InChI=1S/C12H13NO2S2/c1-13-10-5-3-9(4-6-10)11-7-8-12(16-11)17(2,14)15/h3-8,13H,1-2H3.